The molecule has 3 nitrogen and oxygen atoms in total. The Morgan fingerprint density at radius 1 is 1.43 bits per heavy atom. The lowest BCUT2D eigenvalue weighted by Gasteiger charge is -2.11. The molecule has 1 aromatic rings. The van der Waals surface area contributed by atoms with Gasteiger partial charge in [-0.05, 0) is 18.6 Å². The average Bonchev–Trinajstić information content (AvgIpc) is 1.95. The zero-order valence-electron chi connectivity index (χ0n) is 7.02. The van der Waals surface area contributed by atoms with Crippen LogP contribution in [0.3, 0.4) is 0 Å². The Bertz CT molecular complexity index is 327. The second-order valence-corrected chi connectivity index (χ2v) is 2.53. The number of nitrogens with two attached hydrogens (primary N) is 1. The summed E-state index contributed by atoms with van der Waals surface area (Å²) in [5.74, 6) is -2.53. The van der Waals surface area contributed by atoms with Crippen molar-refractivity contribution in [2.45, 2.75) is 13.3 Å². The maximum atomic E-state index is 12.8. The minimum absolute atomic E-state index is 0.0627. The van der Waals surface area contributed by atoms with Gasteiger partial charge >= 0.3 is 6.36 Å². The Labute approximate surface area is 76.5 Å². The van der Waals surface area contributed by atoms with E-state index in [-0.39, 0.29) is 11.4 Å². The van der Waals surface area contributed by atoms with Crippen LogP contribution in [-0.2, 0) is 0 Å². The molecule has 0 bridgehead atoms. The third-order valence-corrected chi connectivity index (χ3v) is 1.35. The molecule has 0 saturated heterocycles. The largest absolute Gasteiger partial charge is 0.573 e. The Kier molecular flexibility index (Phi) is 2.50. The summed E-state index contributed by atoms with van der Waals surface area (Å²) in [5, 5.41) is 0. The molecule has 2 N–H and O–H groups in total. The smallest absolute Gasteiger partial charge is 0.401 e. The molecule has 7 heteroatoms. The number of rotatable bonds is 1. The molecule has 0 atom stereocenters. The van der Waals surface area contributed by atoms with Gasteiger partial charge in [0.2, 0.25) is 0 Å². The van der Waals surface area contributed by atoms with Crippen LogP contribution in [0, 0.1) is 12.9 Å². The van der Waals surface area contributed by atoms with Crippen molar-refractivity contribution >= 4 is 5.82 Å². The van der Waals surface area contributed by atoms with E-state index in [0.717, 1.165) is 6.07 Å². The van der Waals surface area contributed by atoms with Crippen molar-refractivity contribution in [1.29, 1.82) is 0 Å². The predicted octanol–water partition coefficient (Wildman–Crippen LogP) is 2.01. The Morgan fingerprint density at radius 2 is 2.00 bits per heavy atom. The summed E-state index contributed by atoms with van der Waals surface area (Å²) < 4.78 is 51.5. The second kappa shape index (κ2) is 3.32. The fourth-order valence-corrected chi connectivity index (χ4v) is 0.885. The van der Waals surface area contributed by atoms with Gasteiger partial charge in [-0.1, -0.05) is 0 Å². The molecule has 1 aromatic heterocycles. The normalized spacial score (nSPS) is 11.5. The van der Waals surface area contributed by atoms with Gasteiger partial charge in [-0.25, -0.2) is 0 Å². The van der Waals surface area contributed by atoms with Crippen molar-refractivity contribution in [3.05, 3.63) is 17.6 Å². The second-order valence-electron chi connectivity index (χ2n) is 2.53. The minimum atomic E-state index is -4.94. The molecule has 0 aliphatic heterocycles. The van der Waals surface area contributed by atoms with E-state index in [0.29, 0.717) is 0 Å². The van der Waals surface area contributed by atoms with Crippen molar-refractivity contribution in [2.75, 3.05) is 5.73 Å². The van der Waals surface area contributed by atoms with Crippen LogP contribution in [0.4, 0.5) is 23.4 Å². The quantitative estimate of drug-likeness (QED) is 0.569. The van der Waals surface area contributed by atoms with Gasteiger partial charge in [0.15, 0.2) is 5.75 Å². The van der Waals surface area contributed by atoms with Gasteiger partial charge in [-0.3, -0.25) is 0 Å². The van der Waals surface area contributed by atoms with E-state index >= 15 is 0 Å². The fraction of sp³-hybridized carbons (Fsp3) is 0.286. The molecular formula is C7H6F4N2O. The summed E-state index contributed by atoms with van der Waals surface area (Å²) in [7, 11) is 0. The summed E-state index contributed by atoms with van der Waals surface area (Å²) in [6.45, 7) is 1.24. The van der Waals surface area contributed by atoms with Gasteiger partial charge in [0.05, 0.1) is 0 Å². The molecule has 0 spiro atoms. The van der Waals surface area contributed by atoms with Crippen LogP contribution in [0.2, 0.25) is 0 Å². The zero-order chi connectivity index (χ0) is 10.9. The first kappa shape index (κ1) is 10.6. The molecule has 1 heterocycles. The lowest BCUT2D eigenvalue weighted by molar-refractivity contribution is -0.276. The third-order valence-electron chi connectivity index (χ3n) is 1.35. The van der Waals surface area contributed by atoms with Crippen molar-refractivity contribution in [1.82, 2.24) is 4.98 Å². The van der Waals surface area contributed by atoms with Crippen molar-refractivity contribution in [3.8, 4) is 5.75 Å². The maximum Gasteiger partial charge on any atom is 0.573 e. The number of nitrogens with zero attached hydrogens (tertiary/aromatic N) is 1. The Morgan fingerprint density at radius 3 is 2.43 bits per heavy atom. The third kappa shape index (κ3) is 2.48. The van der Waals surface area contributed by atoms with Crippen LogP contribution in [-0.4, -0.2) is 11.3 Å². The molecule has 0 aromatic carbocycles. The molecule has 0 unspecified atom stereocenters. The topological polar surface area (TPSA) is 48.1 Å². The van der Waals surface area contributed by atoms with E-state index in [4.69, 9.17) is 5.73 Å². The van der Waals surface area contributed by atoms with Crippen LogP contribution in [0.5, 0.6) is 5.75 Å². The first-order valence-electron chi connectivity index (χ1n) is 3.48. The summed E-state index contributed by atoms with van der Waals surface area (Å²) in [6.07, 6.45) is -4.94. The van der Waals surface area contributed by atoms with E-state index in [9.17, 15) is 17.6 Å². The van der Waals surface area contributed by atoms with Crippen LogP contribution in [0.15, 0.2) is 6.07 Å². The average molecular weight is 210 g/mol. The molecule has 0 aliphatic carbocycles. The number of anilines is 1. The highest BCUT2D eigenvalue weighted by Gasteiger charge is 2.33. The fourth-order valence-electron chi connectivity index (χ4n) is 0.885. The molecule has 0 amide bonds. The van der Waals surface area contributed by atoms with Crippen LogP contribution < -0.4 is 10.5 Å². The summed E-state index contributed by atoms with van der Waals surface area (Å²) in [4.78, 5) is 3.00. The summed E-state index contributed by atoms with van der Waals surface area (Å²) in [5.41, 5.74) is 5.04. The highest BCUT2D eigenvalue weighted by atomic mass is 19.4. The zero-order valence-corrected chi connectivity index (χ0v) is 7.02. The Hall–Kier alpha value is -1.53. The molecule has 0 aliphatic rings. The van der Waals surface area contributed by atoms with Gasteiger partial charge in [0.1, 0.15) is 5.82 Å². The van der Waals surface area contributed by atoms with Crippen molar-refractivity contribution < 1.29 is 22.3 Å². The predicted molar refractivity (Wildman–Crippen MR) is 40.0 cm³/mol. The Balaban J connectivity index is 3.09. The van der Waals surface area contributed by atoms with Crippen LogP contribution >= 0.6 is 0 Å². The lowest BCUT2D eigenvalue weighted by Crippen LogP contribution is -2.19. The van der Waals surface area contributed by atoms with Gasteiger partial charge in [0, 0.05) is 0 Å². The molecule has 0 fully saturated rings. The van der Waals surface area contributed by atoms with E-state index in [1.165, 1.54) is 6.92 Å². The van der Waals surface area contributed by atoms with Crippen LogP contribution in [0.25, 0.3) is 0 Å². The van der Waals surface area contributed by atoms with E-state index < -0.39 is 18.1 Å². The number of nitrogen functional groups attached to an aromatic ring is 1. The maximum absolute atomic E-state index is 12.8. The number of alkyl halides is 3. The standard InChI is InChI=1S/C7H6F4N2O/c1-3-2-4(12)13-6(8)5(3)14-7(9,10)11/h2H,1H3,(H2,12,13). The number of hydrogen-bond donors (Lipinski definition) is 1. The number of aryl methyl sites for hydroxylation is 1. The van der Waals surface area contributed by atoms with Gasteiger partial charge < -0.3 is 10.5 Å². The van der Waals surface area contributed by atoms with Crippen molar-refractivity contribution in [3.63, 3.8) is 0 Å². The van der Waals surface area contributed by atoms with Crippen molar-refractivity contribution in [2.24, 2.45) is 0 Å². The SMILES string of the molecule is Cc1cc(N)nc(F)c1OC(F)(F)F. The molecule has 0 saturated carbocycles. The minimum Gasteiger partial charge on any atom is -0.401 e. The molecule has 14 heavy (non-hydrogen) atoms. The van der Waals surface area contributed by atoms with Gasteiger partial charge in [-0.2, -0.15) is 9.37 Å². The summed E-state index contributed by atoms with van der Waals surface area (Å²) in [6, 6.07) is 1.09. The lowest BCUT2D eigenvalue weighted by atomic mass is 10.2. The number of halogens is 4. The van der Waals surface area contributed by atoms with E-state index in [1.54, 1.807) is 0 Å². The number of pyridine rings is 1. The van der Waals surface area contributed by atoms with Gasteiger partial charge in [-0.15, -0.1) is 13.2 Å². The summed E-state index contributed by atoms with van der Waals surface area (Å²) >= 11 is 0. The first-order valence-corrected chi connectivity index (χ1v) is 3.48. The number of hydrogen-bond acceptors (Lipinski definition) is 3. The van der Waals surface area contributed by atoms with Crippen LogP contribution in [0.1, 0.15) is 5.56 Å². The van der Waals surface area contributed by atoms with E-state index in [1.807, 2.05) is 0 Å². The monoisotopic (exact) mass is 210 g/mol. The number of ether oxygens (including phenoxy) is 1. The van der Waals surface area contributed by atoms with E-state index in [2.05, 4.69) is 9.72 Å². The molecule has 0 radical (unpaired) electrons. The molecule has 1 rings (SSSR count). The molecule has 78 valence electrons. The van der Waals surface area contributed by atoms with Gasteiger partial charge in [0.25, 0.3) is 5.95 Å². The highest BCUT2D eigenvalue weighted by molar-refractivity contribution is 5.40. The first-order chi connectivity index (χ1) is 6.29. The number of aromatic nitrogens is 1. The molecular weight excluding hydrogens is 204 g/mol. The highest BCUT2D eigenvalue weighted by Crippen LogP contribution is 2.28.